The Hall–Kier alpha value is -1.99. The molecule has 31 heavy (non-hydrogen) atoms. The summed E-state index contributed by atoms with van der Waals surface area (Å²) in [5.41, 5.74) is 0. The summed E-state index contributed by atoms with van der Waals surface area (Å²) >= 11 is 0. The lowest BCUT2D eigenvalue weighted by molar-refractivity contribution is -0.118. The van der Waals surface area contributed by atoms with Crippen molar-refractivity contribution in [1.82, 2.24) is 0 Å². The summed E-state index contributed by atoms with van der Waals surface area (Å²) < 4.78 is 53.6. The van der Waals surface area contributed by atoms with E-state index in [9.17, 15) is 21.6 Å². The van der Waals surface area contributed by atoms with Crippen LogP contribution in [0.2, 0.25) is 0 Å². The molecule has 7 heteroatoms. The average Bonchev–Trinajstić information content (AvgIpc) is 2.77. The van der Waals surface area contributed by atoms with Gasteiger partial charge in [0.1, 0.15) is 10.5 Å². The fraction of sp³-hybridized carbons (Fsp3) is 0.458. The molecule has 1 fully saturated rings. The zero-order valence-corrected chi connectivity index (χ0v) is 19.3. The number of hydrogen-bond donors (Lipinski definition) is 0. The van der Waals surface area contributed by atoms with Crippen LogP contribution in [-0.4, -0.2) is 33.1 Å². The minimum Gasteiger partial charge on any atom is -0.297 e. The lowest BCUT2D eigenvalue weighted by Gasteiger charge is -2.24. The van der Waals surface area contributed by atoms with E-state index in [1.165, 1.54) is 24.3 Å². The first-order chi connectivity index (χ1) is 14.8. The molecular formula is C24H30O5S2. The zero-order chi connectivity index (χ0) is 22.3. The highest BCUT2D eigenvalue weighted by Gasteiger charge is 2.43. The third-order valence-corrected chi connectivity index (χ3v) is 10.3. The fourth-order valence-electron chi connectivity index (χ4n) is 4.20. The smallest absolute Gasteiger partial charge is 0.188 e. The molecule has 0 aromatic heterocycles. The molecule has 3 rings (SSSR count). The van der Waals surface area contributed by atoms with Crippen molar-refractivity contribution in [2.24, 2.45) is 0 Å². The van der Waals surface area contributed by atoms with Gasteiger partial charge in [-0.1, -0.05) is 81.3 Å². The number of benzene rings is 2. The van der Waals surface area contributed by atoms with E-state index in [2.05, 4.69) is 0 Å². The van der Waals surface area contributed by atoms with Crippen LogP contribution in [0.5, 0.6) is 0 Å². The predicted octanol–water partition coefficient (Wildman–Crippen LogP) is 4.77. The third kappa shape index (κ3) is 5.63. The number of rotatable bonds is 4. The van der Waals surface area contributed by atoms with Crippen LogP contribution in [0.3, 0.4) is 0 Å². The van der Waals surface area contributed by atoms with Gasteiger partial charge in [-0.2, -0.15) is 0 Å². The Kier molecular flexibility index (Phi) is 8.06. The maximum absolute atomic E-state index is 13.6. The van der Waals surface area contributed by atoms with E-state index in [4.69, 9.17) is 0 Å². The molecule has 0 aliphatic heterocycles. The molecular weight excluding hydrogens is 432 g/mol. The van der Waals surface area contributed by atoms with E-state index in [1.807, 2.05) is 0 Å². The molecule has 0 amide bonds. The van der Waals surface area contributed by atoms with Crippen molar-refractivity contribution in [3.05, 3.63) is 60.7 Å². The summed E-state index contributed by atoms with van der Waals surface area (Å²) in [6.07, 6.45) is 6.18. The molecule has 1 aliphatic carbocycles. The van der Waals surface area contributed by atoms with Crippen molar-refractivity contribution in [2.45, 2.75) is 78.1 Å². The highest BCUT2D eigenvalue weighted by Crippen LogP contribution is 2.29. The van der Waals surface area contributed by atoms with Gasteiger partial charge in [0.25, 0.3) is 0 Å². The lowest BCUT2D eigenvalue weighted by Crippen LogP contribution is -2.42. The Morgan fingerprint density at radius 3 is 1.19 bits per heavy atom. The van der Waals surface area contributed by atoms with Gasteiger partial charge in [0.05, 0.1) is 9.79 Å². The number of Topliss-reactive ketones (excluding diaryl/α,β-unsaturated/α-hetero) is 1. The van der Waals surface area contributed by atoms with Crippen molar-refractivity contribution in [3.8, 4) is 0 Å². The molecule has 5 nitrogen and oxygen atoms in total. The largest absolute Gasteiger partial charge is 0.297 e. The summed E-state index contributed by atoms with van der Waals surface area (Å²) in [4.78, 5) is 13.8. The fourth-order valence-corrected chi connectivity index (χ4v) is 7.91. The van der Waals surface area contributed by atoms with E-state index in [-0.39, 0.29) is 22.6 Å². The Labute approximate surface area is 185 Å². The molecule has 2 atom stereocenters. The summed E-state index contributed by atoms with van der Waals surface area (Å²) in [7, 11) is -7.98. The van der Waals surface area contributed by atoms with Gasteiger partial charge in [-0.3, -0.25) is 4.79 Å². The number of hydrogen-bond acceptors (Lipinski definition) is 5. The van der Waals surface area contributed by atoms with E-state index < -0.39 is 36.0 Å². The van der Waals surface area contributed by atoms with Crippen molar-refractivity contribution < 1.29 is 21.6 Å². The second kappa shape index (κ2) is 10.6. The maximum atomic E-state index is 13.6. The average molecular weight is 463 g/mol. The molecule has 168 valence electrons. The van der Waals surface area contributed by atoms with Crippen molar-refractivity contribution in [2.75, 3.05) is 0 Å². The molecule has 2 aromatic carbocycles. The number of carbonyl (C=O) groups is 1. The minimum absolute atomic E-state index is 0.0660. The van der Waals surface area contributed by atoms with Gasteiger partial charge in [-0.05, 0) is 37.1 Å². The van der Waals surface area contributed by atoms with Crippen molar-refractivity contribution >= 4 is 25.5 Å². The number of carbonyl (C=O) groups excluding carboxylic acids is 1. The van der Waals surface area contributed by atoms with Crippen LogP contribution in [0, 0.1) is 0 Å². The van der Waals surface area contributed by atoms with Gasteiger partial charge < -0.3 is 0 Å². The first-order valence-electron chi connectivity index (χ1n) is 11.0. The molecule has 0 N–H and O–H groups in total. The number of sulfone groups is 2. The maximum Gasteiger partial charge on any atom is 0.188 e. The summed E-state index contributed by atoms with van der Waals surface area (Å²) in [5.74, 6) is -0.687. The quantitative estimate of drug-likeness (QED) is 0.654. The van der Waals surface area contributed by atoms with Gasteiger partial charge in [-0.25, -0.2) is 16.8 Å². The van der Waals surface area contributed by atoms with Gasteiger partial charge in [0, 0.05) is 0 Å². The van der Waals surface area contributed by atoms with E-state index in [0.717, 1.165) is 32.1 Å². The second-order valence-electron chi connectivity index (χ2n) is 8.15. The van der Waals surface area contributed by atoms with Gasteiger partial charge in [0.15, 0.2) is 25.5 Å². The molecule has 0 bridgehead atoms. The van der Waals surface area contributed by atoms with Crippen molar-refractivity contribution in [1.29, 1.82) is 0 Å². The monoisotopic (exact) mass is 462 g/mol. The Morgan fingerprint density at radius 2 is 0.839 bits per heavy atom. The van der Waals surface area contributed by atoms with E-state index >= 15 is 0 Å². The Morgan fingerprint density at radius 1 is 0.516 bits per heavy atom. The second-order valence-corrected chi connectivity index (χ2v) is 12.4. The van der Waals surface area contributed by atoms with Crippen LogP contribution in [0.25, 0.3) is 0 Å². The van der Waals surface area contributed by atoms with Gasteiger partial charge in [0.2, 0.25) is 0 Å². The summed E-state index contributed by atoms with van der Waals surface area (Å²) in [6.45, 7) is 0. The van der Waals surface area contributed by atoms with Gasteiger partial charge in [-0.15, -0.1) is 0 Å². The summed E-state index contributed by atoms with van der Waals surface area (Å²) in [6, 6.07) is 15.8. The first-order valence-corrected chi connectivity index (χ1v) is 14.1. The normalized spacial score (nSPS) is 22.3. The summed E-state index contributed by atoms with van der Waals surface area (Å²) in [5, 5.41) is -2.70. The number of ketones is 1. The minimum atomic E-state index is -3.99. The molecule has 0 saturated heterocycles. The van der Waals surface area contributed by atoms with E-state index in [0.29, 0.717) is 12.8 Å². The Balaban J connectivity index is 2.04. The molecule has 0 heterocycles. The molecule has 2 aromatic rings. The van der Waals surface area contributed by atoms with Crippen LogP contribution in [0.15, 0.2) is 70.5 Å². The topological polar surface area (TPSA) is 85.3 Å². The standard InChI is InChI=1S/C24H30O5S2/c25-24-22(30(26,27)20-14-8-6-9-15-20)18-12-4-2-1-3-5-13-19-23(24)31(28,29)21-16-10-7-11-17-21/h6-11,14-17,22-23H,1-5,12-13,18-19H2/t22-,23+. The highest BCUT2D eigenvalue weighted by molar-refractivity contribution is 7.94. The van der Waals surface area contributed by atoms with Crippen LogP contribution in [0.4, 0.5) is 0 Å². The van der Waals surface area contributed by atoms with E-state index in [1.54, 1.807) is 36.4 Å². The van der Waals surface area contributed by atoms with Crippen LogP contribution in [0.1, 0.15) is 57.8 Å². The SMILES string of the molecule is O=C1[C@H](S(=O)(=O)c2ccccc2)CCCCCCCCC[C@@H]1S(=O)(=O)c1ccccc1. The highest BCUT2D eigenvalue weighted by atomic mass is 32.2. The molecule has 0 spiro atoms. The van der Waals surface area contributed by atoms with Crippen LogP contribution >= 0.6 is 0 Å². The van der Waals surface area contributed by atoms with Crippen LogP contribution < -0.4 is 0 Å². The van der Waals surface area contributed by atoms with Crippen LogP contribution in [-0.2, 0) is 24.5 Å². The molecule has 1 saturated carbocycles. The predicted molar refractivity (Wildman–Crippen MR) is 121 cm³/mol. The third-order valence-electron chi connectivity index (χ3n) is 5.96. The zero-order valence-electron chi connectivity index (χ0n) is 17.6. The lowest BCUT2D eigenvalue weighted by atomic mass is 10.00. The van der Waals surface area contributed by atoms with Crippen molar-refractivity contribution in [3.63, 3.8) is 0 Å². The first kappa shape index (κ1) is 23.7. The molecule has 1 aliphatic rings. The van der Waals surface area contributed by atoms with Gasteiger partial charge >= 0.3 is 0 Å². The molecule has 0 radical (unpaired) electrons. The molecule has 0 unspecified atom stereocenters. The Bertz CT molecular complexity index is 976.